The quantitative estimate of drug-likeness (QED) is 0.486. The minimum absolute atomic E-state index is 0.0532. The number of hydrogen-bond donors (Lipinski definition) is 1. The molecule has 0 amide bonds. The predicted octanol–water partition coefficient (Wildman–Crippen LogP) is 1.62. The molecule has 2 aliphatic rings. The van der Waals surface area contributed by atoms with Crippen molar-refractivity contribution < 1.29 is 5.11 Å². The Morgan fingerprint density at radius 3 is 2.89 bits per heavy atom. The molecule has 50 valence electrons. The number of allylic oxidation sites excluding steroid dienone is 1. The second-order valence-electron chi connectivity index (χ2n) is 3.04. The molecule has 9 heavy (non-hydrogen) atoms. The Balaban J connectivity index is 2.24. The Morgan fingerprint density at radius 2 is 2.11 bits per heavy atom. The molecule has 2 rings (SSSR count). The molecular weight excluding hydrogens is 112 g/mol. The molecule has 0 spiro atoms. The maximum Gasteiger partial charge on any atom is 0.0755 e. The highest BCUT2D eigenvalue weighted by Crippen LogP contribution is 2.38. The van der Waals surface area contributed by atoms with Crippen molar-refractivity contribution in [3.05, 3.63) is 11.1 Å². The van der Waals surface area contributed by atoms with Gasteiger partial charge in [0, 0.05) is 0 Å². The van der Waals surface area contributed by atoms with E-state index in [2.05, 4.69) is 0 Å². The van der Waals surface area contributed by atoms with Gasteiger partial charge >= 0.3 is 0 Å². The van der Waals surface area contributed by atoms with E-state index in [-0.39, 0.29) is 6.10 Å². The van der Waals surface area contributed by atoms with Gasteiger partial charge in [-0.3, -0.25) is 0 Å². The zero-order valence-corrected chi connectivity index (χ0v) is 5.56. The van der Waals surface area contributed by atoms with E-state index in [4.69, 9.17) is 0 Å². The molecule has 0 aromatic rings. The predicted molar refractivity (Wildman–Crippen MR) is 36.1 cm³/mol. The Kier molecular flexibility index (Phi) is 1.12. The molecule has 1 heteroatoms. The third-order valence-electron chi connectivity index (χ3n) is 2.50. The fourth-order valence-electron chi connectivity index (χ4n) is 2.00. The molecule has 0 heterocycles. The monoisotopic (exact) mass is 124 g/mol. The summed E-state index contributed by atoms with van der Waals surface area (Å²) < 4.78 is 0. The lowest BCUT2D eigenvalue weighted by atomic mass is 10.1. The van der Waals surface area contributed by atoms with Crippen molar-refractivity contribution in [3.8, 4) is 0 Å². The minimum Gasteiger partial charge on any atom is -0.389 e. The number of aliphatic hydroxyl groups excluding tert-OH is 1. The molecule has 1 atom stereocenters. The van der Waals surface area contributed by atoms with Crippen molar-refractivity contribution in [2.75, 3.05) is 0 Å². The molecule has 2 aliphatic carbocycles. The lowest BCUT2D eigenvalue weighted by Crippen LogP contribution is -2.02. The van der Waals surface area contributed by atoms with E-state index in [9.17, 15) is 5.11 Å². The van der Waals surface area contributed by atoms with Crippen molar-refractivity contribution in [1.82, 2.24) is 0 Å². The van der Waals surface area contributed by atoms with E-state index < -0.39 is 0 Å². The number of rotatable bonds is 0. The summed E-state index contributed by atoms with van der Waals surface area (Å²) in [4.78, 5) is 0. The molecule has 0 fully saturated rings. The average molecular weight is 124 g/mol. The van der Waals surface area contributed by atoms with Gasteiger partial charge in [-0.25, -0.2) is 0 Å². The van der Waals surface area contributed by atoms with Gasteiger partial charge in [0.2, 0.25) is 0 Å². The maximum absolute atomic E-state index is 9.34. The highest BCUT2D eigenvalue weighted by atomic mass is 16.3. The SMILES string of the molecule is O[C@@H]1CCC2=C1CCC2. The minimum atomic E-state index is -0.0532. The first-order valence-corrected chi connectivity index (χ1v) is 3.77. The molecule has 0 aromatic carbocycles. The molecule has 0 aliphatic heterocycles. The maximum atomic E-state index is 9.34. The van der Waals surface area contributed by atoms with Gasteiger partial charge in [-0.2, -0.15) is 0 Å². The fourth-order valence-corrected chi connectivity index (χ4v) is 2.00. The van der Waals surface area contributed by atoms with Crippen LogP contribution in [0.5, 0.6) is 0 Å². The van der Waals surface area contributed by atoms with Gasteiger partial charge in [0.25, 0.3) is 0 Å². The Hall–Kier alpha value is -0.300. The van der Waals surface area contributed by atoms with Crippen LogP contribution in [0.3, 0.4) is 0 Å². The van der Waals surface area contributed by atoms with E-state index in [1.54, 1.807) is 5.57 Å². The molecule has 0 unspecified atom stereocenters. The lowest BCUT2D eigenvalue weighted by Gasteiger charge is -2.02. The van der Waals surface area contributed by atoms with E-state index in [0.29, 0.717) is 0 Å². The normalized spacial score (nSPS) is 33.7. The Bertz CT molecular complexity index is 158. The summed E-state index contributed by atoms with van der Waals surface area (Å²) in [6.45, 7) is 0. The van der Waals surface area contributed by atoms with Gasteiger partial charge in [-0.15, -0.1) is 0 Å². The molecule has 0 saturated carbocycles. The van der Waals surface area contributed by atoms with Crippen molar-refractivity contribution in [2.24, 2.45) is 0 Å². The standard InChI is InChI=1S/C8H12O/c9-8-5-4-6-2-1-3-7(6)8/h8-9H,1-5H2/t8-/m1/s1. The molecule has 0 bridgehead atoms. The number of aliphatic hydroxyl groups is 1. The molecule has 0 radical (unpaired) electrons. The van der Waals surface area contributed by atoms with E-state index >= 15 is 0 Å². The van der Waals surface area contributed by atoms with Crippen LogP contribution < -0.4 is 0 Å². The van der Waals surface area contributed by atoms with E-state index in [1.807, 2.05) is 0 Å². The Morgan fingerprint density at radius 1 is 1.22 bits per heavy atom. The summed E-state index contributed by atoms with van der Waals surface area (Å²) in [6.07, 6.45) is 5.87. The highest BCUT2D eigenvalue weighted by molar-refractivity contribution is 5.27. The zero-order chi connectivity index (χ0) is 6.27. The third-order valence-corrected chi connectivity index (χ3v) is 2.50. The van der Waals surface area contributed by atoms with Crippen molar-refractivity contribution in [3.63, 3.8) is 0 Å². The van der Waals surface area contributed by atoms with Crippen molar-refractivity contribution in [2.45, 2.75) is 38.2 Å². The van der Waals surface area contributed by atoms with Crippen LogP contribution in [0.4, 0.5) is 0 Å². The van der Waals surface area contributed by atoms with Gasteiger partial charge in [0.15, 0.2) is 0 Å². The molecule has 1 nitrogen and oxygen atoms in total. The van der Waals surface area contributed by atoms with Gasteiger partial charge in [-0.05, 0) is 37.7 Å². The summed E-state index contributed by atoms with van der Waals surface area (Å²) in [5, 5.41) is 9.34. The van der Waals surface area contributed by atoms with Crippen molar-refractivity contribution >= 4 is 0 Å². The largest absolute Gasteiger partial charge is 0.389 e. The van der Waals surface area contributed by atoms with Crippen LogP contribution >= 0.6 is 0 Å². The summed E-state index contributed by atoms with van der Waals surface area (Å²) in [6, 6.07) is 0. The average Bonchev–Trinajstić information content (AvgIpc) is 2.35. The van der Waals surface area contributed by atoms with Crippen LogP contribution in [0.25, 0.3) is 0 Å². The van der Waals surface area contributed by atoms with E-state index in [1.165, 1.54) is 31.3 Å². The second-order valence-corrected chi connectivity index (χ2v) is 3.04. The molecule has 0 saturated heterocycles. The fraction of sp³-hybridized carbons (Fsp3) is 0.750. The smallest absolute Gasteiger partial charge is 0.0755 e. The molecule has 0 aromatic heterocycles. The second kappa shape index (κ2) is 1.84. The summed E-state index contributed by atoms with van der Waals surface area (Å²) in [5.74, 6) is 0. The summed E-state index contributed by atoms with van der Waals surface area (Å²) in [7, 11) is 0. The summed E-state index contributed by atoms with van der Waals surface area (Å²) in [5.41, 5.74) is 2.96. The van der Waals surface area contributed by atoms with Gasteiger partial charge in [-0.1, -0.05) is 5.57 Å². The first-order valence-electron chi connectivity index (χ1n) is 3.77. The first-order chi connectivity index (χ1) is 4.38. The van der Waals surface area contributed by atoms with Gasteiger partial charge < -0.3 is 5.11 Å². The topological polar surface area (TPSA) is 20.2 Å². The van der Waals surface area contributed by atoms with Gasteiger partial charge in [0.05, 0.1) is 6.10 Å². The molecule has 1 N–H and O–H groups in total. The van der Waals surface area contributed by atoms with Crippen LogP contribution in [0.1, 0.15) is 32.1 Å². The lowest BCUT2D eigenvalue weighted by molar-refractivity contribution is 0.208. The van der Waals surface area contributed by atoms with Crippen LogP contribution in [0.2, 0.25) is 0 Å². The van der Waals surface area contributed by atoms with Crippen molar-refractivity contribution in [1.29, 1.82) is 0 Å². The molecular formula is C8H12O. The van der Waals surface area contributed by atoms with Crippen LogP contribution in [-0.2, 0) is 0 Å². The third kappa shape index (κ3) is 0.715. The van der Waals surface area contributed by atoms with Gasteiger partial charge in [0.1, 0.15) is 0 Å². The number of hydrogen-bond acceptors (Lipinski definition) is 1. The first kappa shape index (κ1) is 5.48. The highest BCUT2D eigenvalue weighted by Gasteiger charge is 2.26. The Labute approximate surface area is 55.4 Å². The van der Waals surface area contributed by atoms with Crippen LogP contribution in [0.15, 0.2) is 11.1 Å². The van der Waals surface area contributed by atoms with Crippen LogP contribution in [-0.4, -0.2) is 11.2 Å². The summed E-state index contributed by atoms with van der Waals surface area (Å²) >= 11 is 0. The zero-order valence-electron chi connectivity index (χ0n) is 5.56. The van der Waals surface area contributed by atoms with E-state index in [0.717, 1.165) is 6.42 Å². The van der Waals surface area contributed by atoms with Crippen LogP contribution in [0, 0.1) is 0 Å².